The Balaban J connectivity index is 2.71. The zero-order chi connectivity index (χ0) is 11.3. The number of nitrogens with zero attached hydrogens (tertiary/aromatic N) is 1. The second kappa shape index (κ2) is 5.54. The van der Waals surface area contributed by atoms with E-state index in [1.807, 2.05) is 24.4 Å². The highest BCUT2D eigenvalue weighted by molar-refractivity contribution is 7.10. The summed E-state index contributed by atoms with van der Waals surface area (Å²) in [6, 6.07) is 3.15. The third-order valence-electron chi connectivity index (χ3n) is 2.09. The van der Waals surface area contributed by atoms with Gasteiger partial charge in [-0.3, -0.25) is 4.79 Å². The van der Waals surface area contributed by atoms with E-state index in [2.05, 4.69) is 5.92 Å². The molecule has 1 heterocycles. The molecule has 2 N–H and O–H groups in total. The minimum atomic E-state index is -0.585. The lowest BCUT2D eigenvalue weighted by atomic mass is 10.2. The first kappa shape index (κ1) is 11.8. The summed E-state index contributed by atoms with van der Waals surface area (Å²) in [6.07, 6.45) is 5.18. The number of amides is 1. The number of carbonyl (C=O) groups excluding carboxylic acids is 1. The Morgan fingerprint density at radius 2 is 2.53 bits per heavy atom. The first-order chi connectivity index (χ1) is 7.20. The number of nitrogens with two attached hydrogens (primary N) is 1. The van der Waals surface area contributed by atoms with Crippen molar-refractivity contribution < 1.29 is 4.79 Å². The number of rotatable bonds is 4. The molecule has 1 rings (SSSR count). The fourth-order valence-corrected chi connectivity index (χ4v) is 1.96. The molecular formula is C11H14N2OS. The van der Waals surface area contributed by atoms with Crippen molar-refractivity contribution in [2.45, 2.75) is 13.0 Å². The molecule has 1 unspecified atom stereocenters. The van der Waals surface area contributed by atoms with Crippen molar-refractivity contribution in [3.63, 3.8) is 0 Å². The van der Waals surface area contributed by atoms with Crippen LogP contribution in [0, 0.1) is 12.3 Å². The molecule has 0 aliphatic rings. The molecule has 0 saturated carbocycles. The van der Waals surface area contributed by atoms with Crippen molar-refractivity contribution in [1.82, 2.24) is 4.90 Å². The van der Waals surface area contributed by atoms with Crippen molar-refractivity contribution in [1.29, 1.82) is 0 Å². The van der Waals surface area contributed by atoms with Gasteiger partial charge in [-0.2, -0.15) is 0 Å². The molecule has 4 heteroatoms. The summed E-state index contributed by atoms with van der Waals surface area (Å²) in [4.78, 5) is 14.3. The van der Waals surface area contributed by atoms with Gasteiger partial charge in [0.25, 0.3) is 0 Å². The van der Waals surface area contributed by atoms with E-state index in [4.69, 9.17) is 12.2 Å². The van der Waals surface area contributed by atoms with Crippen LogP contribution in [-0.4, -0.2) is 23.9 Å². The summed E-state index contributed by atoms with van der Waals surface area (Å²) >= 11 is 1.48. The van der Waals surface area contributed by atoms with Gasteiger partial charge in [0.2, 0.25) is 5.91 Å². The molecule has 1 amide bonds. The maximum Gasteiger partial charge on any atom is 0.245 e. The SMILES string of the molecule is C#CCN(CC)C(=O)C(N)c1cccs1. The summed E-state index contributed by atoms with van der Waals surface area (Å²) in [5.41, 5.74) is 5.84. The standard InChI is InChI=1S/C11H14N2OS/c1-3-7-13(4-2)11(14)10(12)9-6-5-8-15-9/h1,5-6,8,10H,4,7,12H2,2H3. The summed E-state index contributed by atoms with van der Waals surface area (Å²) in [7, 11) is 0. The average molecular weight is 222 g/mol. The molecule has 0 aliphatic carbocycles. The highest BCUT2D eigenvalue weighted by atomic mass is 32.1. The molecule has 0 saturated heterocycles. The Kier molecular flexibility index (Phi) is 4.35. The topological polar surface area (TPSA) is 46.3 Å². The van der Waals surface area contributed by atoms with Gasteiger partial charge in [0, 0.05) is 11.4 Å². The van der Waals surface area contributed by atoms with Gasteiger partial charge in [0.05, 0.1) is 6.54 Å². The van der Waals surface area contributed by atoms with E-state index >= 15 is 0 Å². The zero-order valence-corrected chi connectivity index (χ0v) is 9.46. The molecular weight excluding hydrogens is 208 g/mol. The molecule has 15 heavy (non-hydrogen) atoms. The monoisotopic (exact) mass is 222 g/mol. The fraction of sp³-hybridized carbons (Fsp3) is 0.364. The van der Waals surface area contributed by atoms with Crippen LogP contribution >= 0.6 is 11.3 Å². The van der Waals surface area contributed by atoms with Crippen LogP contribution in [-0.2, 0) is 4.79 Å². The Morgan fingerprint density at radius 3 is 3.00 bits per heavy atom. The number of carbonyl (C=O) groups is 1. The Bertz CT molecular complexity index is 353. The molecule has 1 aromatic heterocycles. The van der Waals surface area contributed by atoms with Crippen LogP contribution in [0.25, 0.3) is 0 Å². The molecule has 0 radical (unpaired) electrons. The third-order valence-corrected chi connectivity index (χ3v) is 3.05. The lowest BCUT2D eigenvalue weighted by Gasteiger charge is -2.21. The van der Waals surface area contributed by atoms with Crippen molar-refractivity contribution in [3.05, 3.63) is 22.4 Å². The number of hydrogen-bond donors (Lipinski definition) is 1. The molecule has 0 aromatic carbocycles. The van der Waals surface area contributed by atoms with Gasteiger partial charge in [0.15, 0.2) is 0 Å². The smallest absolute Gasteiger partial charge is 0.245 e. The highest BCUT2D eigenvalue weighted by Gasteiger charge is 2.21. The van der Waals surface area contributed by atoms with Crippen LogP contribution in [0.15, 0.2) is 17.5 Å². The maximum absolute atomic E-state index is 11.9. The van der Waals surface area contributed by atoms with E-state index < -0.39 is 6.04 Å². The quantitative estimate of drug-likeness (QED) is 0.779. The molecule has 0 aliphatic heterocycles. The number of thiophene rings is 1. The average Bonchev–Trinajstić information content (AvgIpc) is 2.77. The minimum Gasteiger partial charge on any atom is -0.330 e. The Hall–Kier alpha value is -1.31. The van der Waals surface area contributed by atoms with Gasteiger partial charge in [-0.1, -0.05) is 12.0 Å². The van der Waals surface area contributed by atoms with Gasteiger partial charge in [-0.15, -0.1) is 17.8 Å². The van der Waals surface area contributed by atoms with Crippen LogP contribution in [0.5, 0.6) is 0 Å². The van der Waals surface area contributed by atoms with Crippen LogP contribution in [0.3, 0.4) is 0 Å². The summed E-state index contributed by atoms with van der Waals surface area (Å²) in [5.74, 6) is 2.34. The number of hydrogen-bond acceptors (Lipinski definition) is 3. The van der Waals surface area contributed by atoms with Gasteiger partial charge >= 0.3 is 0 Å². The van der Waals surface area contributed by atoms with Gasteiger partial charge < -0.3 is 10.6 Å². The summed E-state index contributed by atoms with van der Waals surface area (Å²) < 4.78 is 0. The van der Waals surface area contributed by atoms with Crippen molar-refractivity contribution in [2.75, 3.05) is 13.1 Å². The molecule has 0 fully saturated rings. The largest absolute Gasteiger partial charge is 0.330 e. The summed E-state index contributed by atoms with van der Waals surface area (Å²) in [5, 5.41) is 1.90. The minimum absolute atomic E-state index is 0.113. The molecule has 3 nitrogen and oxygen atoms in total. The fourth-order valence-electron chi connectivity index (χ4n) is 1.24. The third kappa shape index (κ3) is 2.82. The second-order valence-electron chi connectivity index (χ2n) is 3.05. The normalized spacial score (nSPS) is 11.8. The van der Waals surface area contributed by atoms with Crippen LogP contribution in [0.4, 0.5) is 0 Å². The van der Waals surface area contributed by atoms with Crippen molar-refractivity contribution in [3.8, 4) is 12.3 Å². The van der Waals surface area contributed by atoms with Crippen LogP contribution in [0.1, 0.15) is 17.8 Å². The lowest BCUT2D eigenvalue weighted by molar-refractivity contribution is -0.131. The van der Waals surface area contributed by atoms with E-state index in [0.717, 1.165) is 4.88 Å². The molecule has 80 valence electrons. The highest BCUT2D eigenvalue weighted by Crippen LogP contribution is 2.18. The molecule has 0 bridgehead atoms. The Morgan fingerprint density at radius 1 is 1.80 bits per heavy atom. The van der Waals surface area contributed by atoms with Crippen molar-refractivity contribution >= 4 is 17.2 Å². The predicted octanol–water partition coefficient (Wildman–Crippen LogP) is 1.23. The second-order valence-corrected chi connectivity index (χ2v) is 4.03. The summed E-state index contributed by atoms with van der Waals surface area (Å²) in [6.45, 7) is 2.78. The van der Waals surface area contributed by atoms with Crippen LogP contribution in [0.2, 0.25) is 0 Å². The van der Waals surface area contributed by atoms with E-state index in [-0.39, 0.29) is 5.91 Å². The van der Waals surface area contributed by atoms with Crippen molar-refractivity contribution in [2.24, 2.45) is 5.73 Å². The van der Waals surface area contributed by atoms with E-state index in [9.17, 15) is 4.79 Å². The predicted molar refractivity (Wildman–Crippen MR) is 62.3 cm³/mol. The van der Waals surface area contributed by atoms with E-state index in [1.54, 1.807) is 4.90 Å². The van der Waals surface area contributed by atoms with Gasteiger partial charge in [-0.25, -0.2) is 0 Å². The lowest BCUT2D eigenvalue weighted by Crippen LogP contribution is -2.38. The van der Waals surface area contributed by atoms with E-state index in [1.165, 1.54) is 11.3 Å². The molecule has 1 atom stereocenters. The number of likely N-dealkylation sites (N-methyl/N-ethyl adjacent to an activating group) is 1. The molecule has 1 aromatic rings. The van der Waals surface area contributed by atoms with Gasteiger partial charge in [-0.05, 0) is 18.4 Å². The van der Waals surface area contributed by atoms with Crippen LogP contribution < -0.4 is 5.73 Å². The first-order valence-corrected chi connectivity index (χ1v) is 5.60. The zero-order valence-electron chi connectivity index (χ0n) is 8.64. The first-order valence-electron chi connectivity index (χ1n) is 4.72. The van der Waals surface area contributed by atoms with E-state index in [0.29, 0.717) is 13.1 Å². The number of terminal acetylenes is 1. The van der Waals surface area contributed by atoms with Gasteiger partial charge in [0.1, 0.15) is 6.04 Å². The maximum atomic E-state index is 11.9. The molecule has 0 spiro atoms. The Labute approximate surface area is 93.9 Å².